The number of unbranched alkanes of at least 4 members (excludes halogenated alkanes) is 1. The second kappa shape index (κ2) is 7.85. The molecule has 1 aromatic heterocycles. The first-order valence-corrected chi connectivity index (χ1v) is 9.05. The Labute approximate surface area is 164 Å². The third-order valence-corrected chi connectivity index (χ3v) is 4.93. The van der Waals surface area contributed by atoms with Gasteiger partial charge in [-0.25, -0.2) is 4.79 Å². The number of aromatic carboxylic acids is 1. The average Bonchev–Trinajstić information content (AvgIpc) is 2.99. The van der Waals surface area contributed by atoms with Crippen molar-refractivity contribution in [2.75, 3.05) is 6.54 Å². The molecule has 1 heterocycles. The van der Waals surface area contributed by atoms with E-state index in [4.69, 9.17) is 17.3 Å². The fourth-order valence-corrected chi connectivity index (χ4v) is 3.42. The van der Waals surface area contributed by atoms with E-state index in [1.165, 1.54) is 18.2 Å². The molecule has 0 unspecified atom stereocenters. The Balaban J connectivity index is 2.22. The van der Waals surface area contributed by atoms with Gasteiger partial charge in [-0.3, -0.25) is 0 Å². The third kappa shape index (κ3) is 4.00. The van der Waals surface area contributed by atoms with Gasteiger partial charge in [0.25, 0.3) is 0 Å². The number of aryl methyl sites for hydroxylation is 1. The number of carboxylic acids is 1. The SMILES string of the molecule is NCCCCc1c(-c2cc(C(F)(F)F)ccc2Cl)[nH]c2ccc(C(=O)O)cc12. The van der Waals surface area contributed by atoms with Crippen molar-refractivity contribution in [2.45, 2.75) is 25.4 Å². The maximum atomic E-state index is 13.2. The van der Waals surface area contributed by atoms with E-state index in [9.17, 15) is 23.1 Å². The van der Waals surface area contributed by atoms with E-state index in [1.54, 1.807) is 6.07 Å². The van der Waals surface area contributed by atoms with Gasteiger partial charge in [0.15, 0.2) is 0 Å². The molecule has 4 nitrogen and oxygen atoms in total. The summed E-state index contributed by atoms with van der Waals surface area (Å²) in [5, 5.41) is 10.1. The lowest BCUT2D eigenvalue weighted by Crippen LogP contribution is -2.05. The van der Waals surface area contributed by atoms with Gasteiger partial charge in [-0.2, -0.15) is 13.2 Å². The molecule has 0 fully saturated rings. The van der Waals surface area contributed by atoms with Crippen molar-refractivity contribution in [1.29, 1.82) is 0 Å². The zero-order chi connectivity index (χ0) is 20.5. The van der Waals surface area contributed by atoms with E-state index in [0.717, 1.165) is 24.1 Å². The highest BCUT2D eigenvalue weighted by atomic mass is 35.5. The minimum Gasteiger partial charge on any atom is -0.478 e. The zero-order valence-electron chi connectivity index (χ0n) is 14.7. The Morgan fingerprint density at radius 2 is 1.89 bits per heavy atom. The highest BCUT2D eigenvalue weighted by Crippen LogP contribution is 2.39. The molecule has 2 aromatic carbocycles. The van der Waals surface area contributed by atoms with Crippen LogP contribution in [0.1, 0.15) is 34.3 Å². The second-order valence-corrected chi connectivity index (χ2v) is 6.89. The molecule has 0 aliphatic rings. The highest BCUT2D eigenvalue weighted by Gasteiger charge is 2.31. The summed E-state index contributed by atoms with van der Waals surface area (Å²) in [5.41, 5.74) is 6.91. The summed E-state index contributed by atoms with van der Waals surface area (Å²) in [5.74, 6) is -1.07. The number of hydrogen-bond donors (Lipinski definition) is 3. The van der Waals surface area contributed by atoms with Crippen LogP contribution in [0.25, 0.3) is 22.2 Å². The lowest BCUT2D eigenvalue weighted by Gasteiger charge is -2.11. The summed E-state index contributed by atoms with van der Waals surface area (Å²) in [4.78, 5) is 14.4. The van der Waals surface area contributed by atoms with Gasteiger partial charge in [0.1, 0.15) is 0 Å². The topological polar surface area (TPSA) is 79.1 Å². The number of H-pyrrole nitrogens is 1. The maximum Gasteiger partial charge on any atom is 0.416 e. The van der Waals surface area contributed by atoms with Crippen molar-refractivity contribution in [3.05, 3.63) is 58.1 Å². The number of nitrogens with one attached hydrogen (secondary N) is 1. The molecule has 148 valence electrons. The second-order valence-electron chi connectivity index (χ2n) is 6.48. The van der Waals surface area contributed by atoms with Crippen LogP contribution in [0.2, 0.25) is 5.02 Å². The van der Waals surface area contributed by atoms with Crippen LogP contribution < -0.4 is 5.73 Å². The fourth-order valence-electron chi connectivity index (χ4n) is 3.21. The van der Waals surface area contributed by atoms with Gasteiger partial charge < -0.3 is 15.8 Å². The number of alkyl halides is 3. The molecule has 0 radical (unpaired) electrons. The quantitative estimate of drug-likeness (QED) is 0.470. The molecule has 0 amide bonds. The van der Waals surface area contributed by atoms with Crippen molar-refractivity contribution in [2.24, 2.45) is 5.73 Å². The molecule has 3 rings (SSSR count). The minimum atomic E-state index is -4.50. The van der Waals surface area contributed by atoms with Crippen LogP contribution in [-0.2, 0) is 12.6 Å². The van der Waals surface area contributed by atoms with Crippen molar-refractivity contribution in [1.82, 2.24) is 4.98 Å². The Hall–Kier alpha value is -2.51. The number of halogens is 4. The number of carbonyl (C=O) groups is 1. The number of rotatable bonds is 6. The number of hydrogen-bond acceptors (Lipinski definition) is 2. The molecular formula is C20H18ClF3N2O2. The van der Waals surface area contributed by atoms with Crippen LogP contribution in [0.4, 0.5) is 13.2 Å². The normalized spacial score (nSPS) is 11.9. The Kier molecular flexibility index (Phi) is 5.67. The van der Waals surface area contributed by atoms with Crippen LogP contribution in [0.15, 0.2) is 36.4 Å². The number of nitrogens with two attached hydrogens (primary N) is 1. The Morgan fingerprint density at radius 3 is 2.54 bits per heavy atom. The van der Waals surface area contributed by atoms with Crippen molar-refractivity contribution >= 4 is 28.5 Å². The van der Waals surface area contributed by atoms with Crippen molar-refractivity contribution in [3.63, 3.8) is 0 Å². The summed E-state index contributed by atoms with van der Waals surface area (Å²) in [7, 11) is 0. The molecule has 0 spiro atoms. The summed E-state index contributed by atoms with van der Waals surface area (Å²) < 4.78 is 39.5. The van der Waals surface area contributed by atoms with Gasteiger partial charge in [-0.15, -0.1) is 0 Å². The third-order valence-electron chi connectivity index (χ3n) is 4.60. The summed E-state index contributed by atoms with van der Waals surface area (Å²) >= 11 is 6.22. The molecule has 0 aliphatic carbocycles. The van der Waals surface area contributed by atoms with Crippen molar-refractivity contribution < 1.29 is 23.1 Å². The van der Waals surface area contributed by atoms with Gasteiger partial charge in [0, 0.05) is 21.5 Å². The first-order valence-electron chi connectivity index (χ1n) is 8.67. The van der Waals surface area contributed by atoms with Gasteiger partial charge in [-0.1, -0.05) is 11.6 Å². The summed E-state index contributed by atoms with van der Waals surface area (Å²) in [6.45, 7) is 0.488. The van der Waals surface area contributed by atoms with Crippen LogP contribution in [0.3, 0.4) is 0 Å². The number of carboxylic acid groups (broad SMARTS) is 1. The fraction of sp³-hybridized carbons (Fsp3) is 0.250. The molecule has 0 saturated heterocycles. The predicted octanol–water partition coefficient (Wildman–Crippen LogP) is 5.49. The Morgan fingerprint density at radius 1 is 1.14 bits per heavy atom. The number of benzene rings is 2. The van der Waals surface area contributed by atoms with Gasteiger partial charge in [-0.05, 0) is 67.8 Å². The molecule has 4 N–H and O–H groups in total. The Bertz CT molecular complexity index is 1030. The van der Waals surface area contributed by atoms with Gasteiger partial charge in [0.05, 0.1) is 16.8 Å². The molecule has 0 bridgehead atoms. The zero-order valence-corrected chi connectivity index (χ0v) is 15.5. The molecule has 0 saturated carbocycles. The molecule has 0 aliphatic heterocycles. The monoisotopic (exact) mass is 410 g/mol. The smallest absolute Gasteiger partial charge is 0.416 e. The molecular weight excluding hydrogens is 393 g/mol. The summed E-state index contributed by atoms with van der Waals surface area (Å²) in [6, 6.07) is 7.75. The number of fused-ring (bicyclic) bond motifs is 1. The van der Waals surface area contributed by atoms with Crippen LogP contribution >= 0.6 is 11.6 Å². The number of aromatic nitrogens is 1. The van der Waals surface area contributed by atoms with E-state index in [2.05, 4.69) is 4.98 Å². The van der Waals surface area contributed by atoms with Crippen molar-refractivity contribution in [3.8, 4) is 11.3 Å². The minimum absolute atomic E-state index is 0.105. The maximum absolute atomic E-state index is 13.2. The van der Waals surface area contributed by atoms with E-state index < -0.39 is 17.7 Å². The summed E-state index contributed by atoms with van der Waals surface area (Å²) in [6.07, 6.45) is -2.52. The van der Waals surface area contributed by atoms with E-state index in [0.29, 0.717) is 36.0 Å². The molecule has 28 heavy (non-hydrogen) atoms. The lowest BCUT2D eigenvalue weighted by molar-refractivity contribution is -0.137. The van der Waals surface area contributed by atoms with E-state index in [1.807, 2.05) is 0 Å². The number of aromatic amines is 1. The average molecular weight is 411 g/mol. The molecule has 8 heteroatoms. The van der Waals surface area contributed by atoms with E-state index >= 15 is 0 Å². The first kappa shape index (κ1) is 20.2. The van der Waals surface area contributed by atoms with Crippen LogP contribution in [0, 0.1) is 0 Å². The highest BCUT2D eigenvalue weighted by molar-refractivity contribution is 6.33. The molecule has 0 atom stereocenters. The molecule has 3 aromatic rings. The standard InChI is InChI=1S/C20H18ClF3N2O2/c21-16-6-5-12(20(22,23)24)10-15(16)18-13(3-1-2-8-25)14-9-11(19(27)28)4-7-17(14)26-18/h4-7,9-10,26H,1-3,8,25H2,(H,27,28). The van der Waals surface area contributed by atoms with Crippen LogP contribution in [0.5, 0.6) is 0 Å². The largest absolute Gasteiger partial charge is 0.478 e. The van der Waals surface area contributed by atoms with E-state index in [-0.39, 0.29) is 16.1 Å². The predicted molar refractivity (Wildman–Crippen MR) is 103 cm³/mol. The van der Waals surface area contributed by atoms with Crippen LogP contribution in [-0.4, -0.2) is 22.6 Å². The van der Waals surface area contributed by atoms with Gasteiger partial charge in [0.2, 0.25) is 0 Å². The van der Waals surface area contributed by atoms with Gasteiger partial charge >= 0.3 is 12.1 Å². The first-order chi connectivity index (χ1) is 13.2. The lowest BCUT2D eigenvalue weighted by atomic mass is 9.98.